The largest absolute Gasteiger partial charge is 0.398 e. The molecule has 0 amide bonds. The number of benzene rings is 3. The van der Waals surface area contributed by atoms with Crippen molar-refractivity contribution in [2.75, 3.05) is 5.73 Å². The molecule has 3 aromatic carbocycles. The van der Waals surface area contributed by atoms with E-state index in [9.17, 15) is 9.18 Å². The second-order valence-electron chi connectivity index (χ2n) is 6.78. The molecule has 5 heteroatoms. The third kappa shape index (κ3) is 3.16. The molecule has 0 atom stereocenters. The van der Waals surface area contributed by atoms with Crippen LogP contribution in [0.3, 0.4) is 0 Å². The van der Waals surface area contributed by atoms with Crippen LogP contribution in [-0.2, 0) is 13.5 Å². The number of nitrogen functional groups attached to an aromatic ring is 1. The second kappa shape index (κ2) is 7.13. The van der Waals surface area contributed by atoms with E-state index in [2.05, 4.69) is 0 Å². The maximum atomic E-state index is 13.4. The molecule has 0 spiro atoms. The fourth-order valence-electron chi connectivity index (χ4n) is 3.45. The van der Waals surface area contributed by atoms with Gasteiger partial charge < -0.3 is 10.3 Å². The molecule has 1 aromatic heterocycles. The Morgan fingerprint density at radius 1 is 1.00 bits per heavy atom. The number of aromatic nitrogens is 1. The highest BCUT2D eigenvalue weighted by Gasteiger charge is 2.13. The molecule has 4 aromatic rings. The second-order valence-corrected chi connectivity index (χ2v) is 7.18. The predicted molar refractivity (Wildman–Crippen MR) is 113 cm³/mol. The first-order chi connectivity index (χ1) is 13.5. The third-order valence-electron chi connectivity index (χ3n) is 5.03. The first-order valence-electron chi connectivity index (χ1n) is 8.86. The normalized spacial score (nSPS) is 11.1. The van der Waals surface area contributed by atoms with Gasteiger partial charge in [-0.1, -0.05) is 60.1 Å². The van der Waals surface area contributed by atoms with Crippen LogP contribution < -0.4 is 11.3 Å². The number of fused-ring (bicyclic) bond motifs is 1. The van der Waals surface area contributed by atoms with Crippen molar-refractivity contribution >= 4 is 28.2 Å². The van der Waals surface area contributed by atoms with Crippen molar-refractivity contribution < 1.29 is 4.39 Å². The fraction of sp³-hybridized carbons (Fsp3) is 0.0870. The molecule has 140 valence electrons. The zero-order valence-corrected chi connectivity index (χ0v) is 16.0. The van der Waals surface area contributed by atoms with Crippen molar-refractivity contribution in [1.29, 1.82) is 0 Å². The fourth-order valence-corrected chi connectivity index (χ4v) is 3.63. The van der Waals surface area contributed by atoms with Crippen LogP contribution in [0.15, 0.2) is 71.5 Å². The van der Waals surface area contributed by atoms with E-state index >= 15 is 0 Å². The molecule has 0 saturated heterocycles. The lowest BCUT2D eigenvalue weighted by atomic mass is 9.99. The summed E-state index contributed by atoms with van der Waals surface area (Å²) in [7, 11) is 1.76. The van der Waals surface area contributed by atoms with Crippen molar-refractivity contribution in [1.82, 2.24) is 4.57 Å². The molecule has 1 heterocycles. The van der Waals surface area contributed by atoms with Gasteiger partial charge in [-0.05, 0) is 34.9 Å². The topological polar surface area (TPSA) is 48.0 Å². The minimum absolute atomic E-state index is 0.0917. The van der Waals surface area contributed by atoms with Gasteiger partial charge in [-0.25, -0.2) is 4.39 Å². The Morgan fingerprint density at radius 2 is 1.68 bits per heavy atom. The molecule has 0 aliphatic carbocycles. The molecule has 0 bridgehead atoms. The molecule has 0 radical (unpaired) electrons. The van der Waals surface area contributed by atoms with Gasteiger partial charge in [0.25, 0.3) is 5.56 Å². The average molecular weight is 393 g/mol. The highest BCUT2D eigenvalue weighted by molar-refractivity contribution is 6.31. The predicted octanol–water partition coefficient (Wildman–Crippen LogP) is 5.17. The van der Waals surface area contributed by atoms with Crippen molar-refractivity contribution in [3.05, 3.63) is 99.1 Å². The summed E-state index contributed by atoms with van der Waals surface area (Å²) < 4.78 is 15.0. The lowest BCUT2D eigenvalue weighted by molar-refractivity contribution is 0.628. The molecule has 28 heavy (non-hydrogen) atoms. The summed E-state index contributed by atoms with van der Waals surface area (Å²) in [5.41, 5.74) is 10.9. The Balaban J connectivity index is 1.70. The molecular weight excluding hydrogens is 375 g/mol. The van der Waals surface area contributed by atoms with Crippen LogP contribution in [0.5, 0.6) is 0 Å². The maximum absolute atomic E-state index is 13.4. The summed E-state index contributed by atoms with van der Waals surface area (Å²) in [4.78, 5) is 12.8. The monoisotopic (exact) mass is 392 g/mol. The average Bonchev–Trinajstić information content (AvgIpc) is 2.72. The summed E-state index contributed by atoms with van der Waals surface area (Å²) in [6, 6.07) is 20.0. The lowest BCUT2D eigenvalue weighted by Gasteiger charge is -2.13. The van der Waals surface area contributed by atoms with Crippen molar-refractivity contribution in [3.63, 3.8) is 0 Å². The number of hydrogen-bond acceptors (Lipinski definition) is 2. The van der Waals surface area contributed by atoms with E-state index in [4.69, 9.17) is 17.3 Å². The Labute approximate surface area is 166 Å². The van der Waals surface area contributed by atoms with E-state index in [1.165, 1.54) is 6.07 Å². The van der Waals surface area contributed by atoms with Gasteiger partial charge in [0.2, 0.25) is 0 Å². The van der Waals surface area contributed by atoms with Gasteiger partial charge in [0, 0.05) is 30.1 Å². The first kappa shape index (κ1) is 18.3. The summed E-state index contributed by atoms with van der Waals surface area (Å²) in [5, 5.41) is 0.964. The quantitative estimate of drug-likeness (QED) is 0.522. The van der Waals surface area contributed by atoms with Crippen LogP contribution in [0.1, 0.15) is 11.1 Å². The number of nitrogens with zero attached hydrogens (tertiary/aromatic N) is 1. The van der Waals surface area contributed by atoms with Gasteiger partial charge >= 0.3 is 0 Å². The summed E-state index contributed by atoms with van der Waals surface area (Å²) in [5.74, 6) is -0.440. The minimum Gasteiger partial charge on any atom is -0.398 e. The molecule has 0 unspecified atom stereocenters. The van der Waals surface area contributed by atoms with Gasteiger partial charge in [-0.3, -0.25) is 4.79 Å². The Kier molecular flexibility index (Phi) is 4.65. The summed E-state index contributed by atoms with van der Waals surface area (Å²) >= 11 is 5.87. The zero-order chi connectivity index (χ0) is 19.8. The van der Waals surface area contributed by atoms with Crippen LogP contribution in [0, 0.1) is 5.82 Å². The highest BCUT2D eigenvalue weighted by atomic mass is 35.5. The van der Waals surface area contributed by atoms with Crippen LogP contribution in [0.4, 0.5) is 10.1 Å². The molecule has 0 saturated carbocycles. The molecule has 3 nitrogen and oxygen atoms in total. The van der Waals surface area contributed by atoms with Gasteiger partial charge in [-0.2, -0.15) is 0 Å². The van der Waals surface area contributed by atoms with Crippen molar-refractivity contribution in [3.8, 4) is 11.1 Å². The lowest BCUT2D eigenvalue weighted by Crippen LogP contribution is -2.23. The van der Waals surface area contributed by atoms with Gasteiger partial charge in [-0.15, -0.1) is 0 Å². The van der Waals surface area contributed by atoms with Crippen LogP contribution in [-0.4, -0.2) is 4.57 Å². The van der Waals surface area contributed by atoms with Crippen LogP contribution in [0.25, 0.3) is 22.0 Å². The zero-order valence-electron chi connectivity index (χ0n) is 15.2. The van der Waals surface area contributed by atoms with Gasteiger partial charge in [0.05, 0.1) is 10.5 Å². The number of halogens is 2. The standard InChI is InChI=1S/C23H18ClFN2O/c1-27-21-5-3-2-4-17(21)22(26)18(23(27)28)12-14-6-8-15(9-7-14)16-10-11-20(25)19(24)13-16/h2-11,13H,12,26H2,1H3. The first-order valence-corrected chi connectivity index (χ1v) is 9.24. The van der Waals surface area contributed by atoms with Crippen molar-refractivity contribution in [2.45, 2.75) is 6.42 Å². The van der Waals surface area contributed by atoms with Crippen LogP contribution >= 0.6 is 11.6 Å². The minimum atomic E-state index is -0.440. The summed E-state index contributed by atoms with van der Waals surface area (Å²) in [6.07, 6.45) is 0.438. The Hall–Kier alpha value is -3.11. The number of hydrogen-bond donors (Lipinski definition) is 1. The van der Waals surface area contributed by atoms with E-state index in [0.717, 1.165) is 27.6 Å². The maximum Gasteiger partial charge on any atom is 0.256 e. The Bertz CT molecular complexity index is 1250. The molecular formula is C23H18ClFN2O. The molecule has 0 aliphatic heterocycles. The van der Waals surface area contributed by atoms with Gasteiger partial charge in [0.1, 0.15) is 5.82 Å². The number of pyridine rings is 1. The number of anilines is 1. The Morgan fingerprint density at radius 3 is 2.39 bits per heavy atom. The highest BCUT2D eigenvalue weighted by Crippen LogP contribution is 2.27. The van der Waals surface area contributed by atoms with E-state index in [1.54, 1.807) is 23.7 Å². The smallest absolute Gasteiger partial charge is 0.256 e. The molecule has 0 fully saturated rings. The van der Waals surface area contributed by atoms with E-state index < -0.39 is 5.82 Å². The third-order valence-corrected chi connectivity index (χ3v) is 5.32. The van der Waals surface area contributed by atoms with E-state index in [0.29, 0.717) is 17.7 Å². The molecule has 2 N–H and O–H groups in total. The number of para-hydroxylation sites is 1. The van der Waals surface area contributed by atoms with Gasteiger partial charge in [0.15, 0.2) is 0 Å². The number of aryl methyl sites for hydroxylation is 1. The molecule has 4 rings (SSSR count). The van der Waals surface area contributed by atoms with Crippen molar-refractivity contribution in [2.24, 2.45) is 7.05 Å². The van der Waals surface area contributed by atoms with Crippen LogP contribution in [0.2, 0.25) is 5.02 Å². The number of rotatable bonds is 3. The SMILES string of the molecule is Cn1c(=O)c(Cc2ccc(-c3ccc(F)c(Cl)c3)cc2)c(N)c2ccccc21. The molecule has 0 aliphatic rings. The number of nitrogens with two attached hydrogens (primary N) is 1. The summed E-state index contributed by atoms with van der Waals surface area (Å²) in [6.45, 7) is 0. The van der Waals surface area contributed by atoms with E-state index in [1.807, 2.05) is 48.5 Å². The van der Waals surface area contributed by atoms with E-state index in [-0.39, 0.29) is 10.6 Å².